The average Bonchev–Trinajstić information content (AvgIpc) is 2.53. The first-order valence-corrected chi connectivity index (χ1v) is 6.71. The van der Waals surface area contributed by atoms with Crippen molar-refractivity contribution in [3.8, 4) is 0 Å². The maximum atomic E-state index is 12.0. The molecule has 0 radical (unpaired) electrons. The lowest BCUT2D eigenvalue weighted by molar-refractivity contribution is -0.127. The number of hydrogen-bond donors (Lipinski definition) is 2. The maximum Gasteiger partial charge on any atom is 0.226 e. The lowest BCUT2D eigenvalue weighted by Gasteiger charge is -2.17. The third kappa shape index (κ3) is 3.96. The molecule has 4 heteroatoms. The molecule has 0 spiro atoms. The van der Waals surface area contributed by atoms with Gasteiger partial charge in [0.15, 0.2) is 0 Å². The first-order chi connectivity index (χ1) is 8.07. The third-order valence-electron chi connectivity index (χ3n) is 3.72. The molecule has 0 aliphatic carbocycles. The minimum absolute atomic E-state index is 0.000455. The Morgan fingerprint density at radius 2 is 1.88 bits per heavy atom. The summed E-state index contributed by atoms with van der Waals surface area (Å²) in [5, 5.41) is 3.01. The number of rotatable bonds is 6. The van der Waals surface area contributed by atoms with Gasteiger partial charge >= 0.3 is 0 Å². The molecule has 0 saturated carbocycles. The van der Waals surface area contributed by atoms with Crippen molar-refractivity contribution in [2.24, 2.45) is 17.6 Å². The van der Waals surface area contributed by atoms with Gasteiger partial charge in [0, 0.05) is 6.54 Å². The highest BCUT2D eigenvalue weighted by Gasteiger charge is 2.41. The van der Waals surface area contributed by atoms with Gasteiger partial charge in [-0.15, -0.1) is 0 Å². The molecule has 1 rings (SSSR count). The molecule has 1 aliphatic heterocycles. The molecule has 1 aliphatic rings. The molecule has 0 aromatic heterocycles. The summed E-state index contributed by atoms with van der Waals surface area (Å²) in [6.45, 7) is 7.60. The highest BCUT2D eigenvalue weighted by atomic mass is 16.5. The third-order valence-corrected chi connectivity index (χ3v) is 3.72. The molecule has 1 heterocycles. The van der Waals surface area contributed by atoms with E-state index in [-0.39, 0.29) is 24.0 Å². The van der Waals surface area contributed by atoms with E-state index in [0.717, 1.165) is 32.4 Å². The first-order valence-electron chi connectivity index (χ1n) is 6.71. The molecule has 0 aromatic carbocycles. The number of carbonyl (C=O) groups excluding carboxylic acids is 1. The van der Waals surface area contributed by atoms with E-state index in [4.69, 9.17) is 10.5 Å². The minimum Gasteiger partial charge on any atom is -0.374 e. The fourth-order valence-electron chi connectivity index (χ4n) is 2.49. The largest absolute Gasteiger partial charge is 0.374 e. The number of carbonyl (C=O) groups is 1. The predicted molar refractivity (Wildman–Crippen MR) is 68.6 cm³/mol. The van der Waals surface area contributed by atoms with Crippen LogP contribution in [0.25, 0.3) is 0 Å². The fourth-order valence-corrected chi connectivity index (χ4v) is 2.49. The van der Waals surface area contributed by atoms with E-state index in [9.17, 15) is 4.79 Å². The van der Waals surface area contributed by atoms with Crippen LogP contribution in [-0.2, 0) is 9.53 Å². The van der Waals surface area contributed by atoms with Crippen molar-refractivity contribution in [1.82, 2.24) is 5.32 Å². The summed E-state index contributed by atoms with van der Waals surface area (Å²) < 4.78 is 5.67. The Bertz CT molecular complexity index is 246. The van der Waals surface area contributed by atoms with E-state index in [1.54, 1.807) is 0 Å². The second-order valence-corrected chi connectivity index (χ2v) is 5.07. The van der Waals surface area contributed by atoms with Crippen molar-refractivity contribution in [2.45, 2.75) is 52.2 Å². The van der Waals surface area contributed by atoms with Crippen LogP contribution in [-0.4, -0.2) is 31.2 Å². The molecule has 1 fully saturated rings. The zero-order chi connectivity index (χ0) is 12.8. The second kappa shape index (κ2) is 6.97. The van der Waals surface area contributed by atoms with Crippen molar-refractivity contribution in [3.05, 3.63) is 0 Å². The van der Waals surface area contributed by atoms with Crippen LogP contribution in [0.1, 0.15) is 40.0 Å². The van der Waals surface area contributed by atoms with Gasteiger partial charge in [-0.05, 0) is 39.2 Å². The molecule has 4 unspecified atom stereocenters. The van der Waals surface area contributed by atoms with Crippen LogP contribution in [0.2, 0.25) is 0 Å². The first kappa shape index (κ1) is 14.5. The quantitative estimate of drug-likeness (QED) is 0.690. The maximum absolute atomic E-state index is 12.0. The normalized spacial score (nSPS) is 32.7. The molecular formula is C13H26N2O2. The molecule has 17 heavy (non-hydrogen) atoms. The van der Waals surface area contributed by atoms with Crippen molar-refractivity contribution in [1.29, 1.82) is 0 Å². The minimum atomic E-state index is -0.000455. The summed E-state index contributed by atoms with van der Waals surface area (Å²) in [6, 6.07) is 0. The summed E-state index contributed by atoms with van der Waals surface area (Å²) in [7, 11) is 0. The van der Waals surface area contributed by atoms with Crippen LogP contribution >= 0.6 is 0 Å². The average molecular weight is 242 g/mol. The number of hydrogen-bond acceptors (Lipinski definition) is 3. The monoisotopic (exact) mass is 242 g/mol. The highest BCUT2D eigenvalue weighted by Crippen LogP contribution is 2.32. The van der Waals surface area contributed by atoms with E-state index in [2.05, 4.69) is 12.2 Å². The molecule has 4 atom stereocenters. The van der Waals surface area contributed by atoms with Crippen LogP contribution < -0.4 is 11.1 Å². The zero-order valence-electron chi connectivity index (χ0n) is 11.2. The number of nitrogens with one attached hydrogen (secondary N) is 1. The van der Waals surface area contributed by atoms with Crippen molar-refractivity contribution in [2.75, 3.05) is 13.1 Å². The van der Waals surface area contributed by atoms with E-state index in [0.29, 0.717) is 5.92 Å². The topological polar surface area (TPSA) is 64.3 Å². The van der Waals surface area contributed by atoms with Gasteiger partial charge in [-0.2, -0.15) is 0 Å². The molecule has 1 saturated heterocycles. The van der Waals surface area contributed by atoms with Gasteiger partial charge in [0.2, 0.25) is 5.91 Å². The lowest BCUT2D eigenvalue weighted by atomic mass is 9.89. The Morgan fingerprint density at radius 1 is 1.18 bits per heavy atom. The van der Waals surface area contributed by atoms with Crippen LogP contribution in [0, 0.1) is 11.8 Å². The van der Waals surface area contributed by atoms with Crippen LogP contribution in [0.3, 0.4) is 0 Å². The number of unbranched alkanes of at least 4 members (excludes halogenated alkanes) is 2. The van der Waals surface area contributed by atoms with Gasteiger partial charge in [-0.1, -0.05) is 13.3 Å². The van der Waals surface area contributed by atoms with E-state index in [1.165, 1.54) is 0 Å². The molecular weight excluding hydrogens is 216 g/mol. The molecule has 1 amide bonds. The van der Waals surface area contributed by atoms with Crippen LogP contribution in [0.5, 0.6) is 0 Å². The van der Waals surface area contributed by atoms with E-state index < -0.39 is 0 Å². The molecule has 4 nitrogen and oxygen atoms in total. The van der Waals surface area contributed by atoms with Crippen molar-refractivity contribution < 1.29 is 9.53 Å². The Kier molecular flexibility index (Phi) is 5.92. The van der Waals surface area contributed by atoms with Gasteiger partial charge < -0.3 is 15.8 Å². The number of ether oxygens (including phenoxy) is 1. The summed E-state index contributed by atoms with van der Waals surface area (Å²) in [5.41, 5.74) is 5.42. The predicted octanol–water partition coefficient (Wildman–Crippen LogP) is 1.29. The van der Waals surface area contributed by atoms with Gasteiger partial charge in [-0.25, -0.2) is 0 Å². The van der Waals surface area contributed by atoms with Gasteiger partial charge in [-0.3, -0.25) is 4.79 Å². The van der Waals surface area contributed by atoms with Gasteiger partial charge in [0.05, 0.1) is 18.1 Å². The molecule has 3 N–H and O–H groups in total. The standard InChI is InChI=1S/C13H26N2O2/c1-9-10(2)17-11(3)12(9)13(16)15-8-6-4-5-7-14/h9-12H,4-8,14H2,1-3H3,(H,15,16). The number of nitrogens with two attached hydrogens (primary N) is 1. The Morgan fingerprint density at radius 3 is 2.41 bits per heavy atom. The molecule has 0 aromatic rings. The molecule has 100 valence electrons. The summed E-state index contributed by atoms with van der Waals surface area (Å²) in [4.78, 5) is 12.0. The molecule has 0 bridgehead atoms. The Balaban J connectivity index is 2.27. The van der Waals surface area contributed by atoms with Crippen molar-refractivity contribution in [3.63, 3.8) is 0 Å². The van der Waals surface area contributed by atoms with Gasteiger partial charge in [0.25, 0.3) is 0 Å². The number of amides is 1. The van der Waals surface area contributed by atoms with Crippen LogP contribution in [0.4, 0.5) is 0 Å². The van der Waals surface area contributed by atoms with Crippen molar-refractivity contribution >= 4 is 5.91 Å². The van der Waals surface area contributed by atoms with Crippen LogP contribution in [0.15, 0.2) is 0 Å². The Labute approximate surface area is 104 Å². The highest BCUT2D eigenvalue weighted by molar-refractivity contribution is 5.79. The van der Waals surface area contributed by atoms with E-state index in [1.807, 2.05) is 13.8 Å². The van der Waals surface area contributed by atoms with E-state index >= 15 is 0 Å². The lowest BCUT2D eigenvalue weighted by Crippen LogP contribution is -2.37. The van der Waals surface area contributed by atoms with Gasteiger partial charge in [0.1, 0.15) is 0 Å². The second-order valence-electron chi connectivity index (χ2n) is 5.07. The summed E-state index contributed by atoms with van der Waals surface area (Å²) in [5.74, 6) is 0.440. The summed E-state index contributed by atoms with van der Waals surface area (Å²) >= 11 is 0. The zero-order valence-corrected chi connectivity index (χ0v) is 11.2. The summed E-state index contributed by atoms with van der Waals surface area (Å²) in [6.07, 6.45) is 3.34. The SMILES string of the molecule is CC1OC(C)C(C(=O)NCCCCCN)C1C. The Hall–Kier alpha value is -0.610. The fraction of sp³-hybridized carbons (Fsp3) is 0.923. The smallest absolute Gasteiger partial charge is 0.226 e.